The Balaban J connectivity index is 1.52. The summed E-state index contributed by atoms with van der Waals surface area (Å²) in [6, 6.07) is 3.88. The first kappa shape index (κ1) is 18.3. The summed E-state index contributed by atoms with van der Waals surface area (Å²) < 4.78 is 5.97. The van der Waals surface area contributed by atoms with Gasteiger partial charge in [-0.2, -0.15) is 5.26 Å². The van der Waals surface area contributed by atoms with Crippen molar-refractivity contribution in [1.29, 1.82) is 5.26 Å². The van der Waals surface area contributed by atoms with E-state index in [0.29, 0.717) is 14.9 Å². The van der Waals surface area contributed by atoms with Crippen molar-refractivity contribution in [2.24, 2.45) is 0 Å². The summed E-state index contributed by atoms with van der Waals surface area (Å²) in [4.78, 5) is 15.8. The van der Waals surface area contributed by atoms with E-state index in [-0.39, 0.29) is 17.1 Å². The highest BCUT2D eigenvalue weighted by Gasteiger charge is 2.38. The van der Waals surface area contributed by atoms with E-state index in [0.717, 1.165) is 51.2 Å². The van der Waals surface area contributed by atoms with Gasteiger partial charge in [0.2, 0.25) is 0 Å². The monoisotopic (exact) mass is 402 g/mol. The molecular weight excluding hydrogens is 384 g/mol. The maximum atomic E-state index is 9.54. The van der Waals surface area contributed by atoms with Gasteiger partial charge in [0.25, 0.3) is 0 Å². The molecule has 2 aromatic heterocycles. The number of ether oxygens (including phenoxy) is 1. The smallest absolute Gasteiger partial charge is 0.175 e. The zero-order valence-electron chi connectivity index (χ0n) is 14.7. The van der Waals surface area contributed by atoms with Crippen LogP contribution < -0.4 is 10.6 Å². The summed E-state index contributed by atoms with van der Waals surface area (Å²) in [5, 5.41) is 10.4. The Bertz CT molecular complexity index is 886. The molecule has 0 saturated carbocycles. The second-order valence-electron chi connectivity index (χ2n) is 6.73. The average molecular weight is 403 g/mol. The van der Waals surface area contributed by atoms with E-state index < -0.39 is 0 Å². The molecule has 0 bridgehead atoms. The molecule has 2 saturated heterocycles. The summed E-state index contributed by atoms with van der Waals surface area (Å²) in [5.41, 5.74) is 6.07. The second kappa shape index (κ2) is 7.50. The Hall–Kier alpha value is -2.08. The first-order valence-electron chi connectivity index (χ1n) is 8.84. The van der Waals surface area contributed by atoms with E-state index >= 15 is 0 Å². The molecule has 7 nitrogen and oxygen atoms in total. The van der Waals surface area contributed by atoms with Crippen LogP contribution >= 0.6 is 23.4 Å². The van der Waals surface area contributed by atoms with Gasteiger partial charge in [-0.1, -0.05) is 23.4 Å². The molecule has 0 aliphatic carbocycles. The molecule has 4 rings (SSSR count). The standard InChI is InChI=1S/C18H19ClN6OS/c19-15-13(2-6-22-16(15)21)27-17-12(10-20)24-14(11-23-17)25-7-4-18(5-8-25)3-1-9-26-18/h2,6,11H,1,3-5,7-9H2,(H2,21,22). The van der Waals surface area contributed by atoms with Gasteiger partial charge in [0.1, 0.15) is 22.7 Å². The SMILES string of the molecule is N#Cc1nc(N2CCC3(CCCO3)CC2)cnc1Sc1ccnc(N)c1Cl. The fraction of sp³-hybridized carbons (Fsp3) is 0.444. The summed E-state index contributed by atoms with van der Waals surface area (Å²) in [5.74, 6) is 0.977. The van der Waals surface area contributed by atoms with E-state index in [1.165, 1.54) is 11.8 Å². The Morgan fingerprint density at radius 2 is 2.11 bits per heavy atom. The van der Waals surface area contributed by atoms with Crippen LogP contribution in [0.3, 0.4) is 0 Å². The van der Waals surface area contributed by atoms with Crippen molar-refractivity contribution in [2.45, 2.75) is 41.2 Å². The van der Waals surface area contributed by atoms with Crippen molar-refractivity contribution in [3.63, 3.8) is 0 Å². The zero-order chi connectivity index (χ0) is 18.9. The molecule has 2 fully saturated rings. The topological polar surface area (TPSA) is 101 Å². The molecule has 4 heterocycles. The lowest BCUT2D eigenvalue weighted by atomic mass is 9.89. The number of rotatable bonds is 3. The molecule has 0 radical (unpaired) electrons. The molecule has 9 heteroatoms. The van der Waals surface area contributed by atoms with E-state index in [2.05, 4.69) is 25.9 Å². The predicted octanol–water partition coefficient (Wildman–Crippen LogP) is 3.28. The zero-order valence-corrected chi connectivity index (χ0v) is 16.3. The highest BCUT2D eigenvalue weighted by molar-refractivity contribution is 7.99. The number of halogens is 1. The van der Waals surface area contributed by atoms with Crippen LogP contribution in [0.15, 0.2) is 28.4 Å². The van der Waals surface area contributed by atoms with Crippen LogP contribution in [0.1, 0.15) is 31.4 Å². The van der Waals surface area contributed by atoms with Crippen LogP contribution in [0.4, 0.5) is 11.6 Å². The third-order valence-electron chi connectivity index (χ3n) is 5.10. The van der Waals surface area contributed by atoms with Crippen LogP contribution in [0.5, 0.6) is 0 Å². The average Bonchev–Trinajstić information content (AvgIpc) is 3.14. The Morgan fingerprint density at radius 1 is 1.30 bits per heavy atom. The summed E-state index contributed by atoms with van der Waals surface area (Å²) in [6.07, 6.45) is 7.55. The van der Waals surface area contributed by atoms with Gasteiger partial charge in [0, 0.05) is 30.8 Å². The minimum Gasteiger partial charge on any atom is -0.382 e. The van der Waals surface area contributed by atoms with Gasteiger partial charge in [-0.25, -0.2) is 15.0 Å². The fourth-order valence-electron chi connectivity index (χ4n) is 3.59. The molecule has 2 N–H and O–H groups in total. The Morgan fingerprint density at radius 3 is 2.81 bits per heavy atom. The number of aromatic nitrogens is 3. The fourth-order valence-corrected chi connectivity index (χ4v) is 4.64. The highest BCUT2D eigenvalue weighted by Crippen LogP contribution is 2.38. The van der Waals surface area contributed by atoms with Crippen LogP contribution in [-0.2, 0) is 4.74 Å². The predicted molar refractivity (Wildman–Crippen MR) is 104 cm³/mol. The summed E-state index contributed by atoms with van der Waals surface area (Å²) in [6.45, 7) is 2.59. The molecular formula is C18H19ClN6OS. The van der Waals surface area contributed by atoms with Crippen LogP contribution in [0, 0.1) is 11.3 Å². The summed E-state index contributed by atoms with van der Waals surface area (Å²) >= 11 is 7.46. The van der Waals surface area contributed by atoms with E-state index in [4.69, 9.17) is 22.1 Å². The molecule has 0 unspecified atom stereocenters. The van der Waals surface area contributed by atoms with Crippen LogP contribution in [0.25, 0.3) is 0 Å². The molecule has 2 aliphatic rings. The molecule has 2 aromatic rings. The minimum absolute atomic E-state index is 0.0514. The number of piperidine rings is 1. The third kappa shape index (κ3) is 3.68. The van der Waals surface area contributed by atoms with Crippen molar-refractivity contribution in [3.05, 3.63) is 29.2 Å². The van der Waals surface area contributed by atoms with Crippen LogP contribution in [0.2, 0.25) is 5.02 Å². The number of hydrogen-bond donors (Lipinski definition) is 1. The van der Waals surface area contributed by atoms with Gasteiger partial charge in [-0.3, -0.25) is 0 Å². The van der Waals surface area contributed by atoms with Crippen molar-refractivity contribution in [2.75, 3.05) is 30.3 Å². The molecule has 0 amide bonds. The Labute approximate surface area is 166 Å². The quantitative estimate of drug-likeness (QED) is 0.834. The number of nitrogens with two attached hydrogens (primary N) is 1. The highest BCUT2D eigenvalue weighted by atomic mass is 35.5. The van der Waals surface area contributed by atoms with Gasteiger partial charge in [-0.15, -0.1) is 0 Å². The Kier molecular flexibility index (Phi) is 5.08. The molecule has 140 valence electrons. The first-order valence-corrected chi connectivity index (χ1v) is 10.0. The number of anilines is 2. The van der Waals surface area contributed by atoms with E-state index in [9.17, 15) is 5.26 Å². The van der Waals surface area contributed by atoms with Gasteiger partial charge in [-0.05, 0) is 31.7 Å². The van der Waals surface area contributed by atoms with Crippen molar-refractivity contribution >= 4 is 35.0 Å². The normalized spacial score (nSPS) is 18.6. The second-order valence-corrected chi connectivity index (χ2v) is 8.13. The van der Waals surface area contributed by atoms with Gasteiger partial charge >= 0.3 is 0 Å². The molecule has 0 aromatic carbocycles. The lowest BCUT2D eigenvalue weighted by molar-refractivity contribution is -0.0147. The lowest BCUT2D eigenvalue weighted by Gasteiger charge is -2.39. The lowest BCUT2D eigenvalue weighted by Crippen LogP contribution is -2.44. The molecule has 1 spiro atoms. The van der Waals surface area contributed by atoms with Crippen molar-refractivity contribution in [3.8, 4) is 6.07 Å². The number of nitriles is 1. The molecule has 0 atom stereocenters. The van der Waals surface area contributed by atoms with E-state index in [1.807, 2.05) is 0 Å². The largest absolute Gasteiger partial charge is 0.382 e. The number of pyridine rings is 1. The first-order chi connectivity index (χ1) is 13.1. The van der Waals surface area contributed by atoms with Gasteiger partial charge in [0.05, 0.1) is 16.8 Å². The third-order valence-corrected chi connectivity index (χ3v) is 6.66. The minimum atomic E-state index is 0.0514. The van der Waals surface area contributed by atoms with E-state index in [1.54, 1.807) is 18.5 Å². The maximum Gasteiger partial charge on any atom is 0.175 e. The number of hydrogen-bond acceptors (Lipinski definition) is 8. The van der Waals surface area contributed by atoms with Crippen molar-refractivity contribution < 1.29 is 4.74 Å². The van der Waals surface area contributed by atoms with Gasteiger partial charge in [0.15, 0.2) is 5.69 Å². The van der Waals surface area contributed by atoms with Crippen molar-refractivity contribution in [1.82, 2.24) is 15.0 Å². The maximum absolute atomic E-state index is 9.54. The van der Waals surface area contributed by atoms with Crippen LogP contribution in [-0.4, -0.2) is 40.2 Å². The number of nitrogen functional groups attached to an aromatic ring is 1. The van der Waals surface area contributed by atoms with Gasteiger partial charge < -0.3 is 15.4 Å². The molecule has 27 heavy (non-hydrogen) atoms. The number of nitrogens with zero attached hydrogens (tertiary/aromatic N) is 5. The molecule has 2 aliphatic heterocycles. The summed E-state index contributed by atoms with van der Waals surface area (Å²) in [7, 11) is 0.